The number of carbonyl (C=O) groups is 2. The second kappa shape index (κ2) is 7.64. The number of hydrogen-bond acceptors (Lipinski definition) is 6. The van der Waals surface area contributed by atoms with E-state index in [-0.39, 0.29) is 17.3 Å². The number of ketones is 1. The second-order valence-electron chi connectivity index (χ2n) is 6.76. The third-order valence-corrected chi connectivity index (χ3v) is 4.45. The van der Waals surface area contributed by atoms with E-state index in [1.807, 2.05) is 32.3 Å². The van der Waals surface area contributed by atoms with Gasteiger partial charge in [0.25, 0.3) is 0 Å². The van der Waals surface area contributed by atoms with Gasteiger partial charge in [-0.1, -0.05) is 6.07 Å². The molecule has 0 spiro atoms. The monoisotopic (exact) mass is 378 g/mol. The number of nitrogens with two attached hydrogens (primary N) is 1. The topological polar surface area (TPSA) is 100 Å². The number of rotatable bonds is 5. The van der Waals surface area contributed by atoms with Gasteiger partial charge in [-0.15, -0.1) is 0 Å². The van der Waals surface area contributed by atoms with Crippen molar-refractivity contribution in [3.8, 4) is 5.69 Å². The van der Waals surface area contributed by atoms with Gasteiger partial charge in [0, 0.05) is 35.0 Å². The minimum absolute atomic E-state index is 0.0343. The quantitative estimate of drug-likeness (QED) is 0.541. The molecule has 0 saturated heterocycles. The molecule has 0 aliphatic rings. The number of ether oxygens (including phenoxy) is 1. The molecule has 7 heteroatoms. The van der Waals surface area contributed by atoms with Crippen LogP contribution in [0.1, 0.15) is 43.4 Å². The number of esters is 1. The lowest BCUT2D eigenvalue weighted by atomic mass is 10.1. The van der Waals surface area contributed by atoms with Crippen LogP contribution in [-0.2, 0) is 4.74 Å². The predicted molar refractivity (Wildman–Crippen MR) is 106 cm³/mol. The van der Waals surface area contributed by atoms with Crippen LogP contribution in [0.4, 0.5) is 5.82 Å². The van der Waals surface area contributed by atoms with Crippen molar-refractivity contribution in [2.24, 2.45) is 0 Å². The molecular formula is C21H22N4O3. The molecule has 3 aromatic rings. The summed E-state index contributed by atoms with van der Waals surface area (Å²) in [5.41, 5.74) is 11.0. The van der Waals surface area contributed by atoms with Crippen molar-refractivity contribution in [3.63, 3.8) is 0 Å². The maximum Gasteiger partial charge on any atom is 0.361 e. The molecule has 2 heterocycles. The number of carbonyl (C=O) groups excluding carboxylic acids is 2. The summed E-state index contributed by atoms with van der Waals surface area (Å²) in [4.78, 5) is 32.4. The molecule has 7 nitrogen and oxygen atoms in total. The van der Waals surface area contributed by atoms with Crippen LogP contribution in [0.15, 0.2) is 36.7 Å². The van der Waals surface area contributed by atoms with Crippen molar-refractivity contribution in [2.45, 2.75) is 27.7 Å². The molecule has 2 aromatic heterocycles. The minimum atomic E-state index is -0.776. The van der Waals surface area contributed by atoms with Gasteiger partial charge in [0.15, 0.2) is 18.1 Å². The maximum atomic E-state index is 12.7. The second-order valence-corrected chi connectivity index (χ2v) is 6.76. The molecule has 0 amide bonds. The fraction of sp³-hybridized carbons (Fsp3) is 0.238. The zero-order valence-electron chi connectivity index (χ0n) is 16.3. The van der Waals surface area contributed by atoms with Crippen molar-refractivity contribution < 1.29 is 14.3 Å². The van der Waals surface area contributed by atoms with Gasteiger partial charge >= 0.3 is 5.97 Å². The first kappa shape index (κ1) is 19.3. The molecule has 0 radical (unpaired) electrons. The highest BCUT2D eigenvalue weighted by atomic mass is 16.5. The van der Waals surface area contributed by atoms with E-state index in [0.29, 0.717) is 5.56 Å². The number of nitrogens with zero attached hydrogens (tertiary/aromatic N) is 3. The van der Waals surface area contributed by atoms with Crippen molar-refractivity contribution in [2.75, 3.05) is 12.3 Å². The number of Topliss-reactive ketones (excluding diaryl/α,β-unsaturated/α-hetero) is 1. The van der Waals surface area contributed by atoms with Crippen molar-refractivity contribution in [1.82, 2.24) is 14.5 Å². The fourth-order valence-corrected chi connectivity index (χ4v) is 3.31. The maximum absolute atomic E-state index is 12.7. The van der Waals surface area contributed by atoms with Crippen LogP contribution in [0.3, 0.4) is 0 Å². The smallest absolute Gasteiger partial charge is 0.361 e. The number of aryl methyl sites for hydroxylation is 3. The lowest BCUT2D eigenvalue weighted by Crippen LogP contribution is -2.17. The molecule has 0 bridgehead atoms. The molecular weight excluding hydrogens is 356 g/mol. The van der Waals surface area contributed by atoms with E-state index >= 15 is 0 Å². The summed E-state index contributed by atoms with van der Waals surface area (Å²) in [6, 6.07) is 8.04. The highest BCUT2D eigenvalue weighted by Gasteiger charge is 2.20. The Balaban J connectivity index is 1.82. The third kappa shape index (κ3) is 3.78. The van der Waals surface area contributed by atoms with E-state index in [1.165, 1.54) is 12.4 Å². The van der Waals surface area contributed by atoms with Gasteiger partial charge in [-0.3, -0.25) is 4.79 Å². The summed E-state index contributed by atoms with van der Waals surface area (Å²) in [5, 5.41) is 0. The largest absolute Gasteiger partial charge is 0.452 e. The van der Waals surface area contributed by atoms with Crippen molar-refractivity contribution in [3.05, 3.63) is 70.4 Å². The van der Waals surface area contributed by atoms with Crippen molar-refractivity contribution >= 4 is 17.6 Å². The number of nitrogen functional groups attached to an aromatic ring is 1. The molecule has 0 unspecified atom stereocenters. The first-order chi connectivity index (χ1) is 13.3. The van der Waals surface area contributed by atoms with Crippen molar-refractivity contribution in [1.29, 1.82) is 0 Å². The third-order valence-electron chi connectivity index (χ3n) is 4.45. The zero-order valence-corrected chi connectivity index (χ0v) is 16.3. The first-order valence-electron chi connectivity index (χ1n) is 8.82. The molecule has 0 fully saturated rings. The van der Waals surface area contributed by atoms with Crippen LogP contribution in [0.2, 0.25) is 0 Å². The van der Waals surface area contributed by atoms with Gasteiger partial charge < -0.3 is 15.0 Å². The molecule has 0 saturated carbocycles. The number of aromatic nitrogens is 3. The summed E-state index contributed by atoms with van der Waals surface area (Å²) in [6.45, 7) is 7.49. The Morgan fingerprint density at radius 1 is 1.00 bits per heavy atom. The number of hydrogen-bond donors (Lipinski definition) is 1. The molecule has 1 aromatic carbocycles. The summed E-state index contributed by atoms with van der Waals surface area (Å²) in [7, 11) is 0. The lowest BCUT2D eigenvalue weighted by Gasteiger charge is -2.12. The summed E-state index contributed by atoms with van der Waals surface area (Å²) in [5.74, 6) is -1.10. The van der Waals surface area contributed by atoms with Gasteiger partial charge in [0.1, 0.15) is 0 Å². The zero-order chi connectivity index (χ0) is 20.4. The van der Waals surface area contributed by atoms with Gasteiger partial charge in [-0.25, -0.2) is 14.8 Å². The van der Waals surface area contributed by atoms with Gasteiger partial charge in [-0.05, 0) is 57.0 Å². The lowest BCUT2D eigenvalue weighted by molar-refractivity contribution is 0.0469. The molecule has 0 atom stereocenters. The Morgan fingerprint density at radius 3 is 2.29 bits per heavy atom. The molecule has 2 N–H and O–H groups in total. The fourth-order valence-electron chi connectivity index (χ4n) is 3.31. The minimum Gasteiger partial charge on any atom is -0.452 e. The molecule has 144 valence electrons. The molecule has 0 aliphatic carbocycles. The average Bonchev–Trinajstić information content (AvgIpc) is 2.93. The van der Waals surface area contributed by atoms with Crippen LogP contribution in [0, 0.1) is 27.7 Å². The normalized spacial score (nSPS) is 10.7. The van der Waals surface area contributed by atoms with E-state index in [2.05, 4.69) is 28.2 Å². The summed E-state index contributed by atoms with van der Waals surface area (Å²) in [6.07, 6.45) is 2.71. The van der Waals surface area contributed by atoms with E-state index in [4.69, 9.17) is 10.5 Å². The molecule has 28 heavy (non-hydrogen) atoms. The highest BCUT2D eigenvalue weighted by Crippen LogP contribution is 2.23. The highest BCUT2D eigenvalue weighted by molar-refractivity contribution is 6.01. The van der Waals surface area contributed by atoms with Crippen LogP contribution in [0.5, 0.6) is 0 Å². The van der Waals surface area contributed by atoms with Gasteiger partial charge in [0.2, 0.25) is 5.78 Å². The SMILES string of the molecule is Cc1cc(C)cc(-n2c(C)cc(C(=O)COC(=O)c3nccnc3N)c2C)c1. The van der Waals surface area contributed by atoms with E-state index in [9.17, 15) is 9.59 Å². The Labute approximate surface area is 163 Å². The molecule has 3 rings (SSSR count). The Bertz CT molecular complexity index is 1050. The van der Waals surface area contributed by atoms with Crippen LogP contribution >= 0.6 is 0 Å². The Morgan fingerprint density at radius 2 is 1.64 bits per heavy atom. The van der Waals surface area contributed by atoms with E-state index < -0.39 is 12.6 Å². The first-order valence-corrected chi connectivity index (χ1v) is 8.82. The molecule has 0 aliphatic heterocycles. The van der Waals surface area contributed by atoms with Gasteiger partial charge in [0.05, 0.1) is 0 Å². The van der Waals surface area contributed by atoms with Crippen LogP contribution in [0.25, 0.3) is 5.69 Å². The van der Waals surface area contributed by atoms with E-state index in [0.717, 1.165) is 28.2 Å². The number of anilines is 1. The summed E-state index contributed by atoms with van der Waals surface area (Å²) >= 11 is 0. The van der Waals surface area contributed by atoms with Gasteiger partial charge in [-0.2, -0.15) is 0 Å². The Kier molecular flexibility index (Phi) is 5.26. The number of benzene rings is 1. The summed E-state index contributed by atoms with van der Waals surface area (Å²) < 4.78 is 7.12. The Hall–Kier alpha value is -3.48. The van der Waals surface area contributed by atoms with Crippen LogP contribution < -0.4 is 5.73 Å². The average molecular weight is 378 g/mol. The van der Waals surface area contributed by atoms with E-state index in [1.54, 1.807) is 6.07 Å². The standard InChI is InChI=1S/C21H22N4O3/c1-12-7-13(2)9-16(8-12)25-14(3)10-17(15(25)4)18(26)11-28-21(27)19-20(22)24-6-5-23-19/h5-10H,11H2,1-4H3,(H2,22,24). The predicted octanol–water partition coefficient (Wildman–Crippen LogP) is 3.12. The van der Waals surface area contributed by atoms with Crippen LogP contribution in [-0.4, -0.2) is 32.9 Å².